The summed E-state index contributed by atoms with van der Waals surface area (Å²) in [6.07, 6.45) is 1.10. The van der Waals surface area contributed by atoms with Gasteiger partial charge in [0.05, 0.1) is 11.6 Å². The van der Waals surface area contributed by atoms with Crippen LogP contribution in [0.1, 0.15) is 47.5 Å². The van der Waals surface area contributed by atoms with Gasteiger partial charge < -0.3 is 10.6 Å². The molecule has 0 aromatic heterocycles. The zero-order chi connectivity index (χ0) is 14.0. The number of hydrogen-bond donors (Lipinski definition) is 2. The van der Waals surface area contributed by atoms with Crippen LogP contribution >= 0.6 is 0 Å². The highest BCUT2D eigenvalue weighted by atomic mass is 16.2. The van der Waals surface area contributed by atoms with E-state index in [2.05, 4.69) is 22.5 Å². The minimum absolute atomic E-state index is 0.0336. The third kappa shape index (κ3) is 4.40. The maximum Gasteiger partial charge on any atom is 0.296 e. The minimum atomic E-state index is -0.422. The Morgan fingerprint density at radius 2 is 2.06 bits per heavy atom. The van der Waals surface area contributed by atoms with Gasteiger partial charge in [-0.3, -0.25) is 9.59 Å². The number of carbonyl (C=O) groups is 2. The van der Waals surface area contributed by atoms with Crippen molar-refractivity contribution >= 4 is 11.8 Å². The van der Waals surface area contributed by atoms with E-state index in [1.54, 1.807) is 0 Å². The third-order valence-electron chi connectivity index (χ3n) is 2.85. The maximum atomic E-state index is 11.7. The lowest BCUT2D eigenvalue weighted by Crippen LogP contribution is -2.61. The largest absolute Gasteiger partial charge is 0.349 e. The van der Waals surface area contributed by atoms with Crippen molar-refractivity contribution in [3.8, 4) is 11.8 Å². The molecule has 1 atom stereocenters. The Balaban J connectivity index is 2.64. The van der Waals surface area contributed by atoms with E-state index in [0.717, 1.165) is 0 Å². The van der Waals surface area contributed by atoms with Crippen molar-refractivity contribution in [2.45, 2.75) is 59.0 Å². The van der Waals surface area contributed by atoms with Crippen LogP contribution in [0, 0.1) is 17.3 Å². The van der Waals surface area contributed by atoms with Gasteiger partial charge in [0.2, 0.25) is 5.91 Å². The van der Waals surface area contributed by atoms with Gasteiger partial charge in [-0.1, -0.05) is 5.92 Å². The lowest BCUT2D eigenvalue weighted by atomic mass is 9.87. The molecule has 0 aromatic carbocycles. The average molecular weight is 250 g/mol. The van der Waals surface area contributed by atoms with Crippen molar-refractivity contribution < 1.29 is 9.59 Å². The molecule has 1 saturated heterocycles. The molecule has 0 aliphatic carbocycles. The SMILES string of the molecule is CC(C)(C)C#CC(=O)NC1CCC(=O)NC1(C)C. The molecule has 0 spiro atoms. The molecule has 4 heteroatoms. The summed E-state index contributed by atoms with van der Waals surface area (Å²) >= 11 is 0. The summed E-state index contributed by atoms with van der Waals surface area (Å²) in [5.74, 6) is 5.26. The highest BCUT2D eigenvalue weighted by Gasteiger charge is 2.36. The fraction of sp³-hybridized carbons (Fsp3) is 0.714. The second kappa shape index (κ2) is 5.01. The van der Waals surface area contributed by atoms with Crippen LogP contribution in [0.5, 0.6) is 0 Å². The predicted octanol–water partition coefficient (Wildman–Crippen LogP) is 1.21. The summed E-state index contributed by atoms with van der Waals surface area (Å²) in [4.78, 5) is 23.0. The van der Waals surface area contributed by atoms with Crippen molar-refractivity contribution in [1.82, 2.24) is 10.6 Å². The molecule has 1 aliphatic heterocycles. The normalized spacial score (nSPS) is 22.5. The number of nitrogens with one attached hydrogen (secondary N) is 2. The molecule has 0 radical (unpaired) electrons. The number of rotatable bonds is 1. The lowest BCUT2D eigenvalue weighted by Gasteiger charge is -2.39. The van der Waals surface area contributed by atoms with E-state index in [-0.39, 0.29) is 23.3 Å². The molecule has 0 saturated carbocycles. The van der Waals surface area contributed by atoms with Crippen molar-refractivity contribution in [3.05, 3.63) is 0 Å². The molecule has 0 aromatic rings. The van der Waals surface area contributed by atoms with E-state index in [1.165, 1.54) is 0 Å². The van der Waals surface area contributed by atoms with Crippen LogP contribution in [0.2, 0.25) is 0 Å². The van der Waals surface area contributed by atoms with E-state index < -0.39 is 5.54 Å². The van der Waals surface area contributed by atoms with Gasteiger partial charge in [0, 0.05) is 11.8 Å². The van der Waals surface area contributed by atoms with Gasteiger partial charge in [-0.25, -0.2) is 0 Å². The number of hydrogen-bond acceptors (Lipinski definition) is 2. The molecular formula is C14H22N2O2. The van der Waals surface area contributed by atoms with E-state index >= 15 is 0 Å². The summed E-state index contributed by atoms with van der Waals surface area (Å²) in [5.41, 5.74) is -0.609. The molecule has 1 unspecified atom stereocenters. The van der Waals surface area contributed by atoms with Crippen LogP contribution in [0.4, 0.5) is 0 Å². The molecular weight excluding hydrogens is 228 g/mol. The van der Waals surface area contributed by atoms with E-state index in [1.807, 2.05) is 34.6 Å². The van der Waals surface area contributed by atoms with Gasteiger partial charge >= 0.3 is 0 Å². The molecule has 100 valence electrons. The first-order chi connectivity index (χ1) is 8.10. The molecule has 1 heterocycles. The fourth-order valence-electron chi connectivity index (χ4n) is 1.84. The zero-order valence-electron chi connectivity index (χ0n) is 11.8. The van der Waals surface area contributed by atoms with Gasteiger partial charge in [0.25, 0.3) is 5.91 Å². The standard InChI is InChI=1S/C14H22N2O2/c1-13(2,3)9-8-11(17)15-10-6-7-12(18)16-14(10,4)5/h10H,6-7H2,1-5H3,(H,15,17)(H,16,18). The molecule has 0 bridgehead atoms. The first-order valence-electron chi connectivity index (χ1n) is 6.25. The Hall–Kier alpha value is -1.50. The van der Waals surface area contributed by atoms with Gasteiger partial charge in [-0.05, 0) is 47.0 Å². The summed E-state index contributed by atoms with van der Waals surface area (Å²) in [7, 11) is 0. The van der Waals surface area contributed by atoms with Crippen LogP contribution < -0.4 is 10.6 Å². The quantitative estimate of drug-likeness (QED) is 0.687. The van der Waals surface area contributed by atoms with E-state index in [4.69, 9.17) is 0 Å². The Morgan fingerprint density at radius 1 is 1.44 bits per heavy atom. The number of piperidine rings is 1. The Bertz CT molecular complexity index is 408. The first-order valence-corrected chi connectivity index (χ1v) is 6.25. The van der Waals surface area contributed by atoms with Gasteiger partial charge in [0.15, 0.2) is 0 Å². The minimum Gasteiger partial charge on any atom is -0.349 e. The van der Waals surface area contributed by atoms with Gasteiger partial charge in [-0.2, -0.15) is 0 Å². The van der Waals surface area contributed by atoms with E-state index in [0.29, 0.717) is 12.8 Å². The summed E-state index contributed by atoms with van der Waals surface area (Å²) < 4.78 is 0. The first kappa shape index (κ1) is 14.6. The lowest BCUT2D eigenvalue weighted by molar-refractivity contribution is -0.127. The predicted molar refractivity (Wildman–Crippen MR) is 70.6 cm³/mol. The van der Waals surface area contributed by atoms with Gasteiger partial charge in [0.1, 0.15) is 0 Å². The van der Waals surface area contributed by atoms with Crippen molar-refractivity contribution in [1.29, 1.82) is 0 Å². The molecule has 1 aliphatic rings. The van der Waals surface area contributed by atoms with Crippen molar-refractivity contribution in [2.75, 3.05) is 0 Å². The smallest absolute Gasteiger partial charge is 0.296 e. The van der Waals surface area contributed by atoms with Crippen molar-refractivity contribution in [3.63, 3.8) is 0 Å². The molecule has 4 nitrogen and oxygen atoms in total. The fourth-order valence-corrected chi connectivity index (χ4v) is 1.84. The summed E-state index contributed by atoms with van der Waals surface area (Å²) in [6.45, 7) is 9.69. The summed E-state index contributed by atoms with van der Waals surface area (Å²) in [6, 6.07) is -0.0723. The topological polar surface area (TPSA) is 58.2 Å². The molecule has 1 fully saturated rings. The highest BCUT2D eigenvalue weighted by molar-refractivity contribution is 5.94. The van der Waals surface area contributed by atoms with Crippen LogP contribution in [0.3, 0.4) is 0 Å². The molecule has 1 rings (SSSR count). The van der Waals surface area contributed by atoms with Crippen LogP contribution in [0.15, 0.2) is 0 Å². The molecule has 18 heavy (non-hydrogen) atoms. The van der Waals surface area contributed by atoms with Crippen molar-refractivity contribution in [2.24, 2.45) is 5.41 Å². The Morgan fingerprint density at radius 3 is 2.56 bits per heavy atom. The average Bonchev–Trinajstić information content (AvgIpc) is 2.17. The van der Waals surface area contributed by atoms with E-state index in [9.17, 15) is 9.59 Å². The van der Waals surface area contributed by atoms with Crippen LogP contribution in [-0.2, 0) is 9.59 Å². The number of amides is 2. The zero-order valence-corrected chi connectivity index (χ0v) is 11.8. The van der Waals surface area contributed by atoms with Gasteiger partial charge in [-0.15, -0.1) is 0 Å². The van der Waals surface area contributed by atoms with Crippen LogP contribution in [-0.4, -0.2) is 23.4 Å². The monoisotopic (exact) mass is 250 g/mol. The van der Waals surface area contributed by atoms with Crippen LogP contribution in [0.25, 0.3) is 0 Å². The second-order valence-corrected chi connectivity index (χ2v) is 6.33. The Kier molecular flexibility index (Phi) is 4.05. The highest BCUT2D eigenvalue weighted by Crippen LogP contribution is 2.19. The third-order valence-corrected chi connectivity index (χ3v) is 2.85. The number of carbonyl (C=O) groups excluding carboxylic acids is 2. The summed E-state index contributed by atoms with van der Waals surface area (Å²) in [5, 5.41) is 5.76. The molecule has 2 N–H and O–H groups in total. The second-order valence-electron chi connectivity index (χ2n) is 6.33. The Labute approximate surface area is 109 Å². The maximum absolute atomic E-state index is 11.7. The molecule has 2 amide bonds.